The lowest BCUT2D eigenvalue weighted by Gasteiger charge is -2.21. The number of ether oxygens (including phenoxy) is 1. The third-order valence-electron chi connectivity index (χ3n) is 3.17. The molecule has 0 aromatic heterocycles. The third kappa shape index (κ3) is 9.49. The minimum absolute atomic E-state index is 0. The van der Waals surface area contributed by atoms with E-state index in [9.17, 15) is 0 Å². The van der Waals surface area contributed by atoms with Crippen LogP contribution in [0.15, 0.2) is 4.99 Å². The molecule has 0 spiro atoms. The maximum Gasteiger partial charge on any atom is 0.191 e. The van der Waals surface area contributed by atoms with Gasteiger partial charge in [0.05, 0.1) is 6.10 Å². The molecule has 0 saturated heterocycles. The number of aliphatic imine (C=N–C) groups is 1. The molecule has 0 radical (unpaired) electrons. The van der Waals surface area contributed by atoms with E-state index in [0.717, 1.165) is 38.6 Å². The van der Waals surface area contributed by atoms with Crippen molar-refractivity contribution >= 4 is 29.9 Å². The van der Waals surface area contributed by atoms with Crippen molar-refractivity contribution in [2.75, 3.05) is 26.2 Å². The minimum atomic E-state index is 0. The highest BCUT2D eigenvalue weighted by Crippen LogP contribution is 2.20. The molecule has 114 valence electrons. The monoisotopic (exact) mass is 383 g/mol. The number of rotatable bonds is 7. The van der Waals surface area contributed by atoms with Gasteiger partial charge >= 0.3 is 0 Å². The Kier molecular flexibility index (Phi) is 12.9. The van der Waals surface area contributed by atoms with Crippen LogP contribution in [-0.2, 0) is 4.74 Å². The van der Waals surface area contributed by atoms with Gasteiger partial charge < -0.3 is 15.4 Å². The lowest BCUT2D eigenvalue weighted by atomic mass is 9.98. The fraction of sp³-hybridized carbons (Fsp3) is 0.929. The van der Waals surface area contributed by atoms with Crippen LogP contribution in [0.1, 0.15) is 52.4 Å². The van der Waals surface area contributed by atoms with E-state index >= 15 is 0 Å². The van der Waals surface area contributed by atoms with Crippen molar-refractivity contribution in [1.29, 1.82) is 0 Å². The molecule has 0 amide bonds. The van der Waals surface area contributed by atoms with Crippen molar-refractivity contribution in [3.8, 4) is 0 Å². The van der Waals surface area contributed by atoms with Gasteiger partial charge in [0.2, 0.25) is 0 Å². The van der Waals surface area contributed by atoms with Crippen LogP contribution >= 0.6 is 24.0 Å². The summed E-state index contributed by atoms with van der Waals surface area (Å²) in [5, 5.41) is 6.44. The largest absolute Gasteiger partial charge is 0.378 e. The molecule has 1 saturated carbocycles. The number of nitrogens with zero attached hydrogens (tertiary/aromatic N) is 1. The molecule has 19 heavy (non-hydrogen) atoms. The maximum absolute atomic E-state index is 5.87. The zero-order valence-corrected chi connectivity index (χ0v) is 14.7. The number of guanidine groups is 1. The SMILES string of the molecule is CCNC(=NCCCOC1CCCCC1)NCC.I. The fourth-order valence-corrected chi connectivity index (χ4v) is 2.25. The predicted octanol–water partition coefficient (Wildman–Crippen LogP) is 2.92. The van der Waals surface area contributed by atoms with E-state index in [1.165, 1.54) is 32.1 Å². The summed E-state index contributed by atoms with van der Waals surface area (Å²) in [4.78, 5) is 4.50. The zero-order valence-electron chi connectivity index (χ0n) is 12.4. The molecule has 4 nitrogen and oxygen atoms in total. The van der Waals surface area contributed by atoms with E-state index in [1.807, 2.05) is 0 Å². The summed E-state index contributed by atoms with van der Waals surface area (Å²) >= 11 is 0. The van der Waals surface area contributed by atoms with E-state index in [-0.39, 0.29) is 24.0 Å². The standard InChI is InChI=1S/C14H29N3O.HI/c1-3-15-14(16-4-2)17-11-8-12-18-13-9-6-5-7-10-13;/h13H,3-12H2,1-2H3,(H2,15,16,17);1H. The molecule has 0 aliphatic heterocycles. The van der Waals surface area contributed by atoms with E-state index in [1.54, 1.807) is 0 Å². The Hall–Kier alpha value is -0.0400. The summed E-state index contributed by atoms with van der Waals surface area (Å²) in [7, 11) is 0. The number of nitrogens with one attached hydrogen (secondary N) is 2. The molecule has 1 aliphatic carbocycles. The second-order valence-electron chi connectivity index (χ2n) is 4.78. The van der Waals surface area contributed by atoms with Crippen LogP contribution in [0, 0.1) is 0 Å². The van der Waals surface area contributed by atoms with Gasteiger partial charge in [0.1, 0.15) is 0 Å². The average Bonchev–Trinajstić information content (AvgIpc) is 2.40. The Morgan fingerprint density at radius 2 is 1.74 bits per heavy atom. The Morgan fingerprint density at radius 1 is 1.11 bits per heavy atom. The third-order valence-corrected chi connectivity index (χ3v) is 3.17. The lowest BCUT2D eigenvalue weighted by molar-refractivity contribution is 0.0281. The number of hydrogen-bond acceptors (Lipinski definition) is 2. The molecule has 0 unspecified atom stereocenters. The van der Waals surface area contributed by atoms with Gasteiger partial charge in [-0.2, -0.15) is 0 Å². The van der Waals surface area contributed by atoms with Crippen molar-refractivity contribution in [3.63, 3.8) is 0 Å². The summed E-state index contributed by atoms with van der Waals surface area (Å²) in [5.74, 6) is 0.915. The first kappa shape index (κ1) is 19.0. The highest BCUT2D eigenvalue weighted by Gasteiger charge is 2.12. The van der Waals surface area contributed by atoms with E-state index in [4.69, 9.17) is 4.74 Å². The summed E-state index contributed by atoms with van der Waals surface area (Å²) in [6.07, 6.45) is 8.11. The van der Waals surface area contributed by atoms with Gasteiger partial charge in [0.15, 0.2) is 5.96 Å². The topological polar surface area (TPSA) is 45.7 Å². The van der Waals surface area contributed by atoms with Crippen molar-refractivity contribution in [3.05, 3.63) is 0 Å². The summed E-state index contributed by atoms with van der Waals surface area (Å²) in [6.45, 7) is 7.66. The fourth-order valence-electron chi connectivity index (χ4n) is 2.25. The number of halogens is 1. The smallest absolute Gasteiger partial charge is 0.191 e. The second kappa shape index (κ2) is 13.0. The quantitative estimate of drug-likeness (QED) is 0.308. The first-order valence-electron chi connectivity index (χ1n) is 7.50. The molecule has 1 aliphatic rings. The Balaban J connectivity index is 0.00000324. The van der Waals surface area contributed by atoms with E-state index < -0.39 is 0 Å². The van der Waals surface area contributed by atoms with Crippen molar-refractivity contribution < 1.29 is 4.74 Å². The van der Waals surface area contributed by atoms with Gasteiger partial charge in [-0.15, -0.1) is 24.0 Å². The van der Waals surface area contributed by atoms with Crippen LogP contribution in [0.25, 0.3) is 0 Å². The highest BCUT2D eigenvalue weighted by molar-refractivity contribution is 14.0. The zero-order chi connectivity index (χ0) is 13.1. The molecule has 0 atom stereocenters. The van der Waals surface area contributed by atoms with Gasteiger partial charge in [0.25, 0.3) is 0 Å². The highest BCUT2D eigenvalue weighted by atomic mass is 127. The Labute approximate surface area is 135 Å². The van der Waals surface area contributed by atoms with E-state index in [0.29, 0.717) is 6.10 Å². The first-order valence-corrected chi connectivity index (χ1v) is 7.50. The summed E-state index contributed by atoms with van der Waals surface area (Å²) in [5.41, 5.74) is 0. The van der Waals surface area contributed by atoms with Crippen LogP contribution in [0.3, 0.4) is 0 Å². The van der Waals surface area contributed by atoms with E-state index in [2.05, 4.69) is 29.5 Å². The molecule has 1 rings (SSSR count). The van der Waals surface area contributed by atoms with Crippen LogP contribution in [-0.4, -0.2) is 38.3 Å². The predicted molar refractivity (Wildman–Crippen MR) is 92.5 cm³/mol. The van der Waals surface area contributed by atoms with Crippen molar-refractivity contribution in [1.82, 2.24) is 10.6 Å². The summed E-state index contributed by atoms with van der Waals surface area (Å²) in [6, 6.07) is 0. The maximum atomic E-state index is 5.87. The Bertz CT molecular complexity index is 223. The van der Waals surface area contributed by atoms with Gasteiger partial charge in [-0.05, 0) is 33.1 Å². The molecule has 2 N–H and O–H groups in total. The second-order valence-corrected chi connectivity index (χ2v) is 4.78. The molecular formula is C14H30IN3O. The minimum Gasteiger partial charge on any atom is -0.378 e. The lowest BCUT2D eigenvalue weighted by Crippen LogP contribution is -2.37. The van der Waals surface area contributed by atoms with Crippen molar-refractivity contribution in [2.45, 2.75) is 58.5 Å². The van der Waals surface area contributed by atoms with Crippen LogP contribution in [0.2, 0.25) is 0 Å². The van der Waals surface area contributed by atoms with Crippen LogP contribution in [0.5, 0.6) is 0 Å². The van der Waals surface area contributed by atoms with Crippen molar-refractivity contribution in [2.24, 2.45) is 4.99 Å². The van der Waals surface area contributed by atoms with Gasteiger partial charge in [-0.1, -0.05) is 19.3 Å². The van der Waals surface area contributed by atoms with Gasteiger partial charge in [0, 0.05) is 26.2 Å². The Morgan fingerprint density at radius 3 is 2.32 bits per heavy atom. The van der Waals surface area contributed by atoms with Gasteiger partial charge in [-0.3, -0.25) is 4.99 Å². The molecule has 0 aromatic carbocycles. The van der Waals surface area contributed by atoms with Gasteiger partial charge in [-0.25, -0.2) is 0 Å². The molecular weight excluding hydrogens is 353 g/mol. The molecule has 5 heteroatoms. The average molecular weight is 383 g/mol. The number of hydrogen-bond donors (Lipinski definition) is 2. The van der Waals surface area contributed by atoms with Crippen LogP contribution in [0.4, 0.5) is 0 Å². The normalized spacial score (nSPS) is 15.5. The molecule has 0 bridgehead atoms. The molecule has 1 fully saturated rings. The first-order chi connectivity index (χ1) is 8.86. The molecule has 0 heterocycles. The molecule has 0 aromatic rings. The van der Waals surface area contributed by atoms with Crippen LogP contribution < -0.4 is 10.6 Å². The summed E-state index contributed by atoms with van der Waals surface area (Å²) < 4.78 is 5.87.